The molecule has 0 unspecified atom stereocenters. The number of hydrogen-bond donors (Lipinski definition) is 0. The lowest BCUT2D eigenvalue weighted by atomic mass is 10.1. The summed E-state index contributed by atoms with van der Waals surface area (Å²) in [5, 5.41) is 4.18. The Morgan fingerprint density at radius 1 is 1.14 bits per heavy atom. The lowest BCUT2D eigenvalue weighted by molar-refractivity contribution is -0.137. The molecule has 0 atom stereocenters. The van der Waals surface area contributed by atoms with E-state index in [0.717, 1.165) is 16.8 Å². The molecular formula is C19H16ClF3N2O3S. The van der Waals surface area contributed by atoms with Gasteiger partial charge in [0, 0.05) is 5.56 Å². The van der Waals surface area contributed by atoms with Gasteiger partial charge in [-0.2, -0.15) is 18.3 Å². The number of hydrogen-bond acceptors (Lipinski definition) is 4. The molecule has 0 amide bonds. The molecule has 0 spiro atoms. The Labute approximate surface area is 170 Å². The summed E-state index contributed by atoms with van der Waals surface area (Å²) >= 11 is 6.41. The number of nitrogens with zero attached hydrogens (tertiary/aromatic N) is 2. The van der Waals surface area contributed by atoms with Crippen molar-refractivity contribution in [1.82, 2.24) is 9.78 Å². The molecule has 0 N–H and O–H groups in total. The number of halogens is 4. The van der Waals surface area contributed by atoms with Crippen LogP contribution in [0, 0.1) is 0 Å². The van der Waals surface area contributed by atoms with Crippen LogP contribution in [0.25, 0.3) is 16.8 Å². The zero-order valence-electron chi connectivity index (χ0n) is 15.4. The summed E-state index contributed by atoms with van der Waals surface area (Å²) in [4.78, 5) is -0.485. The van der Waals surface area contributed by atoms with Gasteiger partial charge in [-0.25, -0.2) is 13.1 Å². The predicted octanol–water partition coefficient (Wildman–Crippen LogP) is 5.01. The molecule has 10 heteroatoms. The van der Waals surface area contributed by atoms with E-state index >= 15 is 0 Å². The fourth-order valence-electron chi connectivity index (χ4n) is 2.74. The van der Waals surface area contributed by atoms with Crippen molar-refractivity contribution >= 4 is 21.4 Å². The number of ether oxygens (including phenoxy) is 1. The van der Waals surface area contributed by atoms with Crippen LogP contribution in [0.4, 0.5) is 13.2 Å². The molecule has 0 aliphatic carbocycles. The minimum atomic E-state index is -4.68. The van der Waals surface area contributed by atoms with E-state index in [9.17, 15) is 21.6 Å². The third kappa shape index (κ3) is 4.11. The highest BCUT2D eigenvalue weighted by Crippen LogP contribution is 2.36. The fraction of sp³-hybridized carbons (Fsp3) is 0.211. The summed E-state index contributed by atoms with van der Waals surface area (Å²) in [6.45, 7) is 1.35. The Morgan fingerprint density at radius 2 is 1.79 bits per heavy atom. The molecule has 29 heavy (non-hydrogen) atoms. The highest BCUT2D eigenvalue weighted by atomic mass is 35.5. The van der Waals surface area contributed by atoms with Crippen LogP contribution in [0.5, 0.6) is 5.75 Å². The van der Waals surface area contributed by atoms with Gasteiger partial charge in [0.25, 0.3) is 0 Å². The lowest BCUT2D eigenvalue weighted by Crippen LogP contribution is -2.13. The largest absolute Gasteiger partial charge is 0.497 e. The van der Waals surface area contributed by atoms with Gasteiger partial charge in [0.2, 0.25) is 0 Å². The summed E-state index contributed by atoms with van der Waals surface area (Å²) < 4.78 is 70.5. The molecule has 0 saturated heterocycles. The molecule has 0 radical (unpaired) electrons. The zero-order valence-corrected chi connectivity index (χ0v) is 16.9. The van der Waals surface area contributed by atoms with Crippen LogP contribution in [0.1, 0.15) is 12.5 Å². The highest BCUT2D eigenvalue weighted by molar-refractivity contribution is 7.91. The quantitative estimate of drug-likeness (QED) is 0.554. The minimum absolute atomic E-state index is 0.0513. The van der Waals surface area contributed by atoms with Crippen molar-refractivity contribution in [3.63, 3.8) is 0 Å². The maximum atomic E-state index is 13.1. The van der Waals surface area contributed by atoms with E-state index in [4.69, 9.17) is 16.3 Å². The first-order valence-corrected chi connectivity index (χ1v) is 10.4. The maximum absolute atomic E-state index is 13.1. The molecule has 1 heterocycles. The first-order valence-electron chi connectivity index (χ1n) is 8.41. The van der Waals surface area contributed by atoms with Crippen molar-refractivity contribution in [3.8, 4) is 22.6 Å². The van der Waals surface area contributed by atoms with Gasteiger partial charge < -0.3 is 4.74 Å². The van der Waals surface area contributed by atoms with Crippen LogP contribution in [0.15, 0.2) is 53.6 Å². The van der Waals surface area contributed by atoms with Gasteiger partial charge in [-0.3, -0.25) is 0 Å². The number of benzene rings is 2. The lowest BCUT2D eigenvalue weighted by Gasteiger charge is -2.14. The molecule has 2 aromatic carbocycles. The van der Waals surface area contributed by atoms with Crippen molar-refractivity contribution < 1.29 is 26.3 Å². The van der Waals surface area contributed by atoms with Crippen LogP contribution >= 0.6 is 11.6 Å². The third-order valence-electron chi connectivity index (χ3n) is 4.34. The van der Waals surface area contributed by atoms with Gasteiger partial charge in [-0.1, -0.05) is 30.7 Å². The number of sulfone groups is 1. The van der Waals surface area contributed by atoms with E-state index in [1.54, 1.807) is 24.3 Å². The topological polar surface area (TPSA) is 61.2 Å². The van der Waals surface area contributed by atoms with Crippen LogP contribution in [-0.2, 0) is 16.0 Å². The van der Waals surface area contributed by atoms with E-state index in [2.05, 4.69) is 5.10 Å². The molecule has 0 aliphatic rings. The van der Waals surface area contributed by atoms with Crippen LogP contribution in [-0.4, -0.2) is 31.1 Å². The van der Waals surface area contributed by atoms with Gasteiger partial charge in [0.1, 0.15) is 10.9 Å². The van der Waals surface area contributed by atoms with Gasteiger partial charge in [0.05, 0.1) is 35.2 Å². The summed E-state index contributed by atoms with van der Waals surface area (Å²) in [5.74, 6) is 0.266. The van der Waals surface area contributed by atoms with Crippen molar-refractivity contribution in [1.29, 1.82) is 0 Å². The predicted molar refractivity (Wildman–Crippen MR) is 103 cm³/mol. The summed E-state index contributed by atoms with van der Waals surface area (Å²) in [7, 11) is -2.45. The van der Waals surface area contributed by atoms with E-state index in [-0.39, 0.29) is 16.6 Å². The first-order chi connectivity index (χ1) is 13.6. The molecular weight excluding hydrogens is 429 g/mol. The van der Waals surface area contributed by atoms with Crippen molar-refractivity contribution in [2.24, 2.45) is 0 Å². The normalized spacial score (nSPS) is 12.2. The van der Waals surface area contributed by atoms with Crippen LogP contribution in [0.3, 0.4) is 0 Å². The Kier molecular flexibility index (Phi) is 5.64. The van der Waals surface area contributed by atoms with E-state index in [1.807, 2.05) is 0 Å². The first kappa shape index (κ1) is 21.2. The molecule has 0 bridgehead atoms. The van der Waals surface area contributed by atoms with Gasteiger partial charge in [-0.15, -0.1) is 0 Å². The monoisotopic (exact) mass is 444 g/mol. The summed E-state index contributed by atoms with van der Waals surface area (Å²) in [6.07, 6.45) is -3.26. The van der Waals surface area contributed by atoms with E-state index < -0.39 is 26.5 Å². The average molecular weight is 445 g/mol. The molecule has 0 aliphatic heterocycles. The number of rotatable bonds is 5. The van der Waals surface area contributed by atoms with Crippen molar-refractivity contribution in [3.05, 3.63) is 59.4 Å². The van der Waals surface area contributed by atoms with E-state index in [0.29, 0.717) is 22.9 Å². The van der Waals surface area contributed by atoms with E-state index in [1.165, 1.54) is 20.2 Å². The van der Waals surface area contributed by atoms with Gasteiger partial charge in [0.15, 0.2) is 9.84 Å². The minimum Gasteiger partial charge on any atom is -0.497 e. The van der Waals surface area contributed by atoms with Crippen LogP contribution in [0.2, 0.25) is 5.15 Å². The third-order valence-corrected chi connectivity index (χ3v) is 6.46. The Balaban J connectivity index is 2.17. The molecule has 0 fully saturated rings. The Hall–Kier alpha value is -2.52. The Morgan fingerprint density at radius 3 is 2.34 bits per heavy atom. The summed E-state index contributed by atoms with van der Waals surface area (Å²) in [5.41, 5.74) is 0.0690. The highest BCUT2D eigenvalue weighted by Gasteiger charge is 2.33. The second-order valence-electron chi connectivity index (χ2n) is 6.07. The zero-order chi connectivity index (χ0) is 21.4. The molecule has 3 rings (SSSR count). The number of aromatic nitrogens is 2. The Bertz CT molecular complexity index is 1140. The fourth-order valence-corrected chi connectivity index (χ4v) is 4.12. The second-order valence-corrected chi connectivity index (χ2v) is 8.68. The molecule has 0 saturated carbocycles. The standard InChI is InChI=1S/C19H16ClF3N2O3S/c1-3-29(26,27)17-10-13(19(21,22)23)6-9-16(17)25-18(20)15(11-24-25)12-4-7-14(28-2)8-5-12/h4-11H,3H2,1-2H3. The van der Waals surface area contributed by atoms with Crippen LogP contribution < -0.4 is 4.74 Å². The smallest absolute Gasteiger partial charge is 0.416 e. The summed E-state index contributed by atoms with van der Waals surface area (Å²) in [6, 6.07) is 9.38. The molecule has 3 aromatic rings. The second kappa shape index (κ2) is 7.72. The number of methoxy groups -OCH3 is 1. The molecule has 1 aromatic heterocycles. The van der Waals surface area contributed by atoms with Gasteiger partial charge >= 0.3 is 6.18 Å². The molecule has 154 valence electrons. The van der Waals surface area contributed by atoms with Crippen molar-refractivity contribution in [2.45, 2.75) is 18.0 Å². The maximum Gasteiger partial charge on any atom is 0.416 e. The van der Waals surface area contributed by atoms with Gasteiger partial charge in [-0.05, 0) is 35.9 Å². The number of alkyl halides is 3. The van der Waals surface area contributed by atoms with Crippen molar-refractivity contribution in [2.75, 3.05) is 12.9 Å². The molecule has 5 nitrogen and oxygen atoms in total. The average Bonchev–Trinajstić information content (AvgIpc) is 3.08. The SMILES string of the molecule is CCS(=O)(=O)c1cc(C(F)(F)F)ccc1-n1ncc(-c2ccc(OC)cc2)c1Cl.